The van der Waals surface area contributed by atoms with Gasteiger partial charge in [-0.3, -0.25) is 9.59 Å². The largest absolute Gasteiger partial charge is 0.469 e. The number of rotatable bonds is 9. The van der Waals surface area contributed by atoms with E-state index in [1.165, 1.54) is 26.0 Å². The number of carbonyl (C=O) groups is 3. The molecule has 0 aliphatic carbocycles. The van der Waals surface area contributed by atoms with Crippen molar-refractivity contribution >= 4 is 29.6 Å². The zero-order chi connectivity index (χ0) is 20.4. The second kappa shape index (κ2) is 11.1. The number of hydrogen-bond acceptors (Lipinski definition) is 6. The van der Waals surface area contributed by atoms with Gasteiger partial charge in [0.1, 0.15) is 11.3 Å². The van der Waals surface area contributed by atoms with E-state index in [1.54, 1.807) is 0 Å². The van der Waals surface area contributed by atoms with Crippen LogP contribution in [0.4, 0.5) is 0 Å². The molecule has 0 fully saturated rings. The van der Waals surface area contributed by atoms with Crippen molar-refractivity contribution in [3.8, 4) is 0 Å². The summed E-state index contributed by atoms with van der Waals surface area (Å²) < 4.78 is 9.38. The van der Waals surface area contributed by atoms with E-state index in [4.69, 9.17) is 4.74 Å². The van der Waals surface area contributed by atoms with Crippen molar-refractivity contribution in [2.24, 2.45) is 0 Å². The Bertz CT molecular complexity index is 782. The molecule has 0 radical (unpaired) electrons. The predicted molar refractivity (Wildman–Crippen MR) is 107 cm³/mol. The fourth-order valence-electron chi connectivity index (χ4n) is 2.54. The molecular weight excluding hydrogens is 378 g/mol. The van der Waals surface area contributed by atoms with Crippen LogP contribution in [0.3, 0.4) is 0 Å². The fraction of sp³-hybridized carbons (Fsp3) is 0.286. The number of hydrogen-bond donors (Lipinski definition) is 1. The Hall–Kier alpha value is -2.80. The minimum absolute atomic E-state index is 0.00161. The van der Waals surface area contributed by atoms with Crippen molar-refractivity contribution in [3.05, 3.63) is 66.2 Å². The van der Waals surface area contributed by atoms with E-state index in [0.29, 0.717) is 0 Å². The number of thioether (sulfide) groups is 1. The van der Waals surface area contributed by atoms with Gasteiger partial charge in [0.05, 0.1) is 14.2 Å². The van der Waals surface area contributed by atoms with Gasteiger partial charge in [0.25, 0.3) is 0 Å². The van der Waals surface area contributed by atoms with Gasteiger partial charge in [0.15, 0.2) is 0 Å². The Labute approximate surface area is 168 Å². The highest BCUT2D eigenvalue weighted by Crippen LogP contribution is 2.35. The van der Waals surface area contributed by atoms with E-state index < -0.39 is 23.2 Å². The quantitative estimate of drug-likeness (QED) is 0.514. The third kappa shape index (κ3) is 6.42. The predicted octanol–water partition coefficient (Wildman–Crippen LogP) is 3.13. The SMILES string of the molecule is COC(=O)CC[C@@H](NC(=O)[C@@H](Sc1ccccc1)c1ccccc1)C(=O)OC. The molecular formula is C21H23NO5S. The summed E-state index contributed by atoms with van der Waals surface area (Å²) in [6.07, 6.45) is 0.0982. The summed E-state index contributed by atoms with van der Waals surface area (Å²) in [5.41, 5.74) is 0.811. The summed E-state index contributed by atoms with van der Waals surface area (Å²) in [6.45, 7) is 0. The number of methoxy groups -OCH3 is 2. The van der Waals surface area contributed by atoms with Crippen LogP contribution in [-0.4, -0.2) is 38.1 Å². The summed E-state index contributed by atoms with van der Waals surface area (Å²) in [4.78, 5) is 37.5. The Morgan fingerprint density at radius 3 is 2.11 bits per heavy atom. The molecule has 0 heterocycles. The van der Waals surface area contributed by atoms with E-state index in [0.717, 1.165) is 10.5 Å². The van der Waals surface area contributed by atoms with Crippen LogP contribution in [0.25, 0.3) is 0 Å². The molecule has 28 heavy (non-hydrogen) atoms. The zero-order valence-electron chi connectivity index (χ0n) is 15.8. The standard InChI is InChI=1S/C21H23NO5S/c1-26-18(23)14-13-17(21(25)27-2)22-20(24)19(15-9-5-3-6-10-15)28-16-11-7-4-8-12-16/h3-12,17,19H,13-14H2,1-2H3,(H,22,24)/t17-,19+/m1/s1. The number of esters is 2. The van der Waals surface area contributed by atoms with Crippen molar-refractivity contribution in [2.75, 3.05) is 14.2 Å². The number of carbonyl (C=O) groups excluding carboxylic acids is 3. The number of ether oxygens (including phenoxy) is 2. The van der Waals surface area contributed by atoms with Gasteiger partial charge in [0.2, 0.25) is 5.91 Å². The summed E-state index contributed by atoms with van der Waals surface area (Å²) in [5, 5.41) is 2.16. The summed E-state index contributed by atoms with van der Waals surface area (Å²) in [7, 11) is 2.52. The smallest absolute Gasteiger partial charge is 0.328 e. The van der Waals surface area contributed by atoms with E-state index in [1.807, 2.05) is 60.7 Å². The third-order valence-corrected chi connectivity index (χ3v) is 5.27. The minimum Gasteiger partial charge on any atom is -0.469 e. The van der Waals surface area contributed by atoms with Crippen LogP contribution in [-0.2, 0) is 23.9 Å². The molecule has 0 aliphatic rings. The maximum atomic E-state index is 13.0. The maximum absolute atomic E-state index is 13.0. The molecule has 7 heteroatoms. The molecule has 0 aliphatic heterocycles. The first kappa shape index (κ1) is 21.5. The molecule has 0 saturated carbocycles. The monoisotopic (exact) mass is 401 g/mol. The van der Waals surface area contributed by atoms with E-state index in [2.05, 4.69) is 10.1 Å². The van der Waals surface area contributed by atoms with Gasteiger partial charge in [-0.15, -0.1) is 11.8 Å². The van der Waals surface area contributed by atoms with Crippen molar-refractivity contribution in [1.82, 2.24) is 5.32 Å². The van der Waals surface area contributed by atoms with E-state index in [9.17, 15) is 14.4 Å². The van der Waals surface area contributed by atoms with Crippen LogP contribution in [0.1, 0.15) is 23.7 Å². The molecule has 0 spiro atoms. The van der Waals surface area contributed by atoms with Gasteiger partial charge in [-0.25, -0.2) is 4.79 Å². The molecule has 1 amide bonds. The molecule has 2 rings (SSSR count). The summed E-state index contributed by atoms with van der Waals surface area (Å²) in [5.74, 6) is -1.39. The average molecular weight is 401 g/mol. The van der Waals surface area contributed by atoms with Crippen molar-refractivity contribution < 1.29 is 23.9 Å². The number of nitrogens with one attached hydrogen (secondary N) is 1. The molecule has 2 atom stereocenters. The lowest BCUT2D eigenvalue weighted by Gasteiger charge is -2.21. The van der Waals surface area contributed by atoms with Crippen LogP contribution in [0.15, 0.2) is 65.6 Å². The van der Waals surface area contributed by atoms with Gasteiger partial charge in [-0.2, -0.15) is 0 Å². The normalized spacial score (nSPS) is 12.5. The molecule has 2 aromatic carbocycles. The highest BCUT2D eigenvalue weighted by atomic mass is 32.2. The molecule has 0 bridgehead atoms. The number of benzene rings is 2. The summed E-state index contributed by atoms with van der Waals surface area (Å²) in [6, 6.07) is 17.9. The second-order valence-electron chi connectivity index (χ2n) is 5.92. The lowest BCUT2D eigenvalue weighted by molar-refractivity contribution is -0.146. The average Bonchev–Trinajstić information content (AvgIpc) is 2.75. The molecule has 6 nitrogen and oxygen atoms in total. The fourth-order valence-corrected chi connectivity index (χ4v) is 3.59. The molecule has 148 valence electrons. The Morgan fingerprint density at radius 2 is 1.54 bits per heavy atom. The van der Waals surface area contributed by atoms with Crippen LogP contribution < -0.4 is 5.32 Å². The summed E-state index contributed by atoms with van der Waals surface area (Å²) >= 11 is 1.38. The van der Waals surface area contributed by atoms with Crippen molar-refractivity contribution in [3.63, 3.8) is 0 Å². The third-order valence-electron chi connectivity index (χ3n) is 4.00. The minimum atomic E-state index is -0.931. The second-order valence-corrected chi connectivity index (χ2v) is 7.10. The Balaban J connectivity index is 2.19. The van der Waals surface area contributed by atoms with Crippen LogP contribution >= 0.6 is 11.8 Å². The van der Waals surface area contributed by atoms with Gasteiger partial charge in [-0.05, 0) is 24.1 Å². The van der Waals surface area contributed by atoms with Crippen molar-refractivity contribution in [1.29, 1.82) is 0 Å². The molecule has 2 aromatic rings. The van der Waals surface area contributed by atoms with E-state index in [-0.39, 0.29) is 18.7 Å². The maximum Gasteiger partial charge on any atom is 0.328 e. The first-order valence-electron chi connectivity index (χ1n) is 8.76. The zero-order valence-corrected chi connectivity index (χ0v) is 16.6. The van der Waals surface area contributed by atoms with Crippen LogP contribution in [0.5, 0.6) is 0 Å². The molecule has 0 aromatic heterocycles. The highest BCUT2D eigenvalue weighted by molar-refractivity contribution is 8.00. The van der Waals surface area contributed by atoms with Crippen LogP contribution in [0, 0.1) is 0 Å². The number of amides is 1. The topological polar surface area (TPSA) is 81.7 Å². The van der Waals surface area contributed by atoms with Crippen molar-refractivity contribution in [2.45, 2.75) is 29.0 Å². The first-order valence-corrected chi connectivity index (χ1v) is 9.64. The van der Waals surface area contributed by atoms with Crippen LogP contribution in [0.2, 0.25) is 0 Å². The Morgan fingerprint density at radius 1 is 0.929 bits per heavy atom. The van der Waals surface area contributed by atoms with Gasteiger partial charge in [0, 0.05) is 11.3 Å². The van der Waals surface area contributed by atoms with Gasteiger partial charge >= 0.3 is 11.9 Å². The Kier molecular flexibility index (Phi) is 8.55. The molecule has 0 saturated heterocycles. The molecule has 0 unspecified atom stereocenters. The van der Waals surface area contributed by atoms with E-state index >= 15 is 0 Å². The lowest BCUT2D eigenvalue weighted by Crippen LogP contribution is -2.43. The first-order chi connectivity index (χ1) is 13.5. The lowest BCUT2D eigenvalue weighted by atomic mass is 10.1. The van der Waals surface area contributed by atoms with Gasteiger partial charge < -0.3 is 14.8 Å². The highest BCUT2D eigenvalue weighted by Gasteiger charge is 2.28. The molecule has 1 N–H and O–H groups in total. The van der Waals surface area contributed by atoms with Gasteiger partial charge in [-0.1, -0.05) is 48.5 Å².